The Kier molecular flexibility index (Phi) is 14.4. The normalized spacial score (nSPS) is 29.2. The number of nitrogens with one attached hydrogen (secondary N) is 1. The van der Waals surface area contributed by atoms with Gasteiger partial charge in [0.05, 0.1) is 29.5 Å². The number of fused-ring (bicyclic) bond motifs is 5. The molecule has 4 aromatic carbocycles. The van der Waals surface area contributed by atoms with Gasteiger partial charge in [0.25, 0.3) is 5.91 Å². The van der Waals surface area contributed by atoms with Gasteiger partial charge in [-0.1, -0.05) is 99.6 Å². The summed E-state index contributed by atoms with van der Waals surface area (Å²) in [4.78, 5) is 86.7. The SMILES string of the molecule is CSc1ccc(COC(=O)O[C@H]2CC3OC[C@@]3(OC(C)=O)[C@H]3[C@H](OC(=O)c4ccccc4)[C@]4(O)CC(OC(=O)C(O)[C@@H](NC(=O)c5ccccc5)c5ccccc5)C(C)=C([C@@H](C)C(=O)[C@]23C)C4(C)C)cc1. The summed E-state index contributed by atoms with van der Waals surface area (Å²) in [5, 5.41) is 28.6. The lowest BCUT2D eigenvalue weighted by atomic mass is 9.43. The van der Waals surface area contributed by atoms with Crippen molar-refractivity contribution in [2.45, 2.75) is 114 Å². The summed E-state index contributed by atoms with van der Waals surface area (Å²) in [7, 11) is 0. The van der Waals surface area contributed by atoms with Crippen molar-refractivity contribution >= 4 is 47.5 Å². The Labute approximate surface area is 416 Å². The molecule has 16 heteroatoms. The number of ketones is 1. The standard InChI is InChI=1S/C55H59NO14S/c1-31-39(67-50(62)44(58)43(35-17-11-8-12-18-35)56-48(60)36-19-13-9-14-20-36)28-55(64)47(69-49(61)37-21-15-10-16-22-37)45-53(6,46(59)32(2)42(31)52(55,4)5)40(27-41-54(45,30-66-41)70-33(3)57)68-51(63)65-29-34-23-25-38(71-7)26-24-34/h8-26,32,39-41,43-45,47,58,64H,27-30H2,1-7H3,(H,56,60)/t32-,39?,40+,41?,43+,44?,45+,47+,53-,54+,55-/m1/s1. The van der Waals surface area contributed by atoms with Crippen molar-refractivity contribution < 1.29 is 67.4 Å². The average Bonchev–Trinajstić information content (AvgIpc) is 3.36. The molecule has 2 saturated carbocycles. The van der Waals surface area contributed by atoms with Crippen LogP contribution < -0.4 is 5.32 Å². The molecule has 1 aliphatic heterocycles. The van der Waals surface area contributed by atoms with Gasteiger partial charge in [-0.2, -0.15) is 0 Å². The van der Waals surface area contributed by atoms with E-state index in [1.165, 1.54) is 19.1 Å². The van der Waals surface area contributed by atoms with Crippen LogP contribution in [0, 0.1) is 22.7 Å². The van der Waals surface area contributed by atoms with Crippen LogP contribution >= 0.6 is 11.8 Å². The zero-order valence-electron chi connectivity index (χ0n) is 40.6. The zero-order valence-corrected chi connectivity index (χ0v) is 41.4. The monoisotopic (exact) mass is 989 g/mol. The Bertz CT molecular complexity index is 2700. The number of carbonyl (C=O) groups is 6. The van der Waals surface area contributed by atoms with E-state index in [1.54, 1.807) is 125 Å². The Morgan fingerprint density at radius 3 is 2.03 bits per heavy atom. The predicted molar refractivity (Wildman–Crippen MR) is 259 cm³/mol. The van der Waals surface area contributed by atoms with E-state index in [4.69, 9.17) is 28.4 Å². The summed E-state index contributed by atoms with van der Waals surface area (Å²) in [6.07, 6.45) is -7.28. The van der Waals surface area contributed by atoms with Crippen LogP contribution in [-0.2, 0) is 49.4 Å². The van der Waals surface area contributed by atoms with Crippen molar-refractivity contribution in [2.75, 3.05) is 12.9 Å². The Morgan fingerprint density at radius 2 is 1.45 bits per heavy atom. The van der Waals surface area contributed by atoms with Crippen LogP contribution in [0.5, 0.6) is 0 Å². The molecule has 1 amide bonds. The molecule has 1 saturated heterocycles. The minimum absolute atomic E-state index is 0.0939. The van der Waals surface area contributed by atoms with Gasteiger partial charge in [0, 0.05) is 41.6 Å². The number of rotatable bonds is 13. The highest BCUT2D eigenvalue weighted by molar-refractivity contribution is 7.98. The average molecular weight is 990 g/mol. The fourth-order valence-electron chi connectivity index (χ4n) is 11.6. The van der Waals surface area contributed by atoms with Crippen molar-refractivity contribution in [2.24, 2.45) is 22.7 Å². The first-order valence-electron chi connectivity index (χ1n) is 23.6. The van der Waals surface area contributed by atoms with Crippen LogP contribution in [0.15, 0.2) is 131 Å². The summed E-state index contributed by atoms with van der Waals surface area (Å²) in [6, 6.07) is 30.8. The Morgan fingerprint density at radius 1 is 0.845 bits per heavy atom. The van der Waals surface area contributed by atoms with Crippen molar-refractivity contribution in [3.8, 4) is 0 Å². The van der Waals surface area contributed by atoms with Gasteiger partial charge < -0.3 is 44.0 Å². The summed E-state index contributed by atoms with van der Waals surface area (Å²) in [5.74, 6) is -6.49. The molecule has 4 aliphatic rings. The predicted octanol–water partition coefficient (Wildman–Crippen LogP) is 7.52. The molecule has 374 valence electrons. The van der Waals surface area contributed by atoms with Gasteiger partial charge in [0.1, 0.15) is 42.4 Å². The second-order valence-electron chi connectivity index (χ2n) is 19.6. The summed E-state index contributed by atoms with van der Waals surface area (Å²) in [6.45, 7) is 9.03. The van der Waals surface area contributed by atoms with Gasteiger partial charge in [-0.05, 0) is 78.8 Å². The van der Waals surface area contributed by atoms with Gasteiger partial charge in [-0.3, -0.25) is 14.4 Å². The number of ether oxygens (including phenoxy) is 6. The molecular formula is C55H59NO14S. The Balaban J connectivity index is 1.23. The molecule has 0 aromatic heterocycles. The molecule has 11 atom stereocenters. The van der Waals surface area contributed by atoms with Crippen LogP contribution in [0.1, 0.15) is 92.3 Å². The summed E-state index contributed by atoms with van der Waals surface area (Å²) < 4.78 is 37.0. The van der Waals surface area contributed by atoms with Crippen molar-refractivity contribution in [3.63, 3.8) is 0 Å². The van der Waals surface area contributed by atoms with Crippen molar-refractivity contribution in [1.29, 1.82) is 0 Å². The van der Waals surface area contributed by atoms with Crippen LogP contribution in [0.2, 0.25) is 0 Å². The molecule has 8 rings (SSSR count). The molecule has 4 aromatic rings. The van der Waals surface area contributed by atoms with E-state index in [0.717, 1.165) is 4.90 Å². The number of Topliss-reactive ketones (excluding diaryl/α,β-unsaturated/α-hetero) is 1. The van der Waals surface area contributed by atoms with Crippen molar-refractivity contribution in [3.05, 3.63) is 149 Å². The van der Waals surface area contributed by atoms with E-state index in [0.29, 0.717) is 22.3 Å². The number of aliphatic hydroxyl groups is 2. The number of hydrogen-bond donors (Lipinski definition) is 3. The maximum atomic E-state index is 16.0. The third-order valence-corrected chi connectivity index (χ3v) is 16.0. The lowest BCUT2D eigenvalue weighted by Crippen LogP contribution is -2.81. The second-order valence-corrected chi connectivity index (χ2v) is 20.4. The quantitative estimate of drug-likeness (QED) is 0.0512. The molecule has 0 spiro atoms. The lowest BCUT2D eigenvalue weighted by molar-refractivity contribution is -0.345. The molecule has 2 bridgehead atoms. The van der Waals surface area contributed by atoms with E-state index < -0.39 is 113 Å². The molecule has 3 fully saturated rings. The van der Waals surface area contributed by atoms with E-state index in [2.05, 4.69) is 5.32 Å². The maximum Gasteiger partial charge on any atom is 0.508 e. The molecule has 1 heterocycles. The molecule has 0 radical (unpaired) electrons. The number of aliphatic hydroxyl groups excluding tert-OH is 1. The van der Waals surface area contributed by atoms with Crippen LogP contribution in [0.4, 0.5) is 4.79 Å². The first kappa shape index (κ1) is 51.0. The molecule has 3 aliphatic carbocycles. The third kappa shape index (κ3) is 9.26. The number of carbonyl (C=O) groups excluding carboxylic acids is 6. The maximum absolute atomic E-state index is 16.0. The van der Waals surface area contributed by atoms with E-state index in [-0.39, 0.29) is 30.8 Å². The van der Waals surface area contributed by atoms with E-state index >= 15 is 4.79 Å². The molecule has 3 N–H and O–H groups in total. The first-order chi connectivity index (χ1) is 33.8. The summed E-state index contributed by atoms with van der Waals surface area (Å²) in [5.41, 5.74) is -5.22. The zero-order chi connectivity index (χ0) is 51.0. The molecular weight excluding hydrogens is 931 g/mol. The first-order valence-corrected chi connectivity index (χ1v) is 24.8. The second kappa shape index (κ2) is 20.1. The van der Waals surface area contributed by atoms with Gasteiger partial charge in [-0.25, -0.2) is 14.4 Å². The highest BCUT2D eigenvalue weighted by Crippen LogP contribution is 2.65. The molecule has 15 nitrogen and oxygen atoms in total. The third-order valence-electron chi connectivity index (χ3n) is 15.2. The largest absolute Gasteiger partial charge is 0.508 e. The number of thioether (sulfide) groups is 1. The minimum Gasteiger partial charge on any atom is -0.456 e. The topological polar surface area (TPSA) is 210 Å². The Hall–Kier alpha value is -6.33. The van der Waals surface area contributed by atoms with Gasteiger partial charge in [0.2, 0.25) is 0 Å². The van der Waals surface area contributed by atoms with Gasteiger partial charge in [-0.15, -0.1) is 11.8 Å². The highest BCUT2D eigenvalue weighted by Gasteiger charge is 2.78. The van der Waals surface area contributed by atoms with E-state index in [1.807, 2.05) is 30.5 Å². The number of amides is 1. The lowest BCUT2D eigenvalue weighted by Gasteiger charge is -2.67. The van der Waals surface area contributed by atoms with Crippen LogP contribution in [0.3, 0.4) is 0 Å². The summed E-state index contributed by atoms with van der Waals surface area (Å²) >= 11 is 1.56. The molecule has 71 heavy (non-hydrogen) atoms. The fourth-order valence-corrected chi connectivity index (χ4v) is 12.0. The molecule has 3 unspecified atom stereocenters. The van der Waals surface area contributed by atoms with Crippen LogP contribution in [-0.4, -0.2) is 101 Å². The smallest absolute Gasteiger partial charge is 0.456 e. The van der Waals surface area contributed by atoms with E-state index in [9.17, 15) is 34.2 Å². The fraction of sp³-hybridized carbons (Fsp3) is 0.418. The number of benzene rings is 4. The number of hydrogen-bond acceptors (Lipinski definition) is 15. The minimum atomic E-state index is -2.29. The van der Waals surface area contributed by atoms with Crippen molar-refractivity contribution in [1.82, 2.24) is 5.32 Å². The highest BCUT2D eigenvalue weighted by atomic mass is 32.2. The van der Waals surface area contributed by atoms with Gasteiger partial charge in [0.15, 0.2) is 11.7 Å². The van der Waals surface area contributed by atoms with Gasteiger partial charge >= 0.3 is 24.1 Å². The number of esters is 3. The van der Waals surface area contributed by atoms with Crippen LogP contribution in [0.25, 0.3) is 0 Å².